The van der Waals surface area contributed by atoms with Crippen LogP contribution in [0.2, 0.25) is 5.02 Å². The van der Waals surface area contributed by atoms with E-state index < -0.39 is 6.36 Å². The largest absolute Gasteiger partial charge is 0.573 e. The molecule has 10 heteroatoms. The van der Waals surface area contributed by atoms with Crippen LogP contribution in [0.25, 0.3) is 22.0 Å². The molecule has 0 saturated carbocycles. The van der Waals surface area contributed by atoms with Crippen LogP contribution in [0.4, 0.5) is 13.2 Å². The Kier molecular flexibility index (Phi) is 8.35. The predicted octanol–water partition coefficient (Wildman–Crippen LogP) is 6.17. The molecule has 40 heavy (non-hydrogen) atoms. The Balaban J connectivity index is 1.33. The number of ether oxygens (including phenoxy) is 1. The van der Waals surface area contributed by atoms with Crippen molar-refractivity contribution in [3.05, 3.63) is 89.1 Å². The predicted molar refractivity (Wildman–Crippen MR) is 150 cm³/mol. The molecule has 0 atom stereocenters. The summed E-state index contributed by atoms with van der Waals surface area (Å²) in [5.41, 5.74) is 10.2. The number of rotatable bonds is 8. The van der Waals surface area contributed by atoms with Crippen LogP contribution in [0.1, 0.15) is 22.3 Å². The molecule has 1 fully saturated rings. The van der Waals surface area contributed by atoms with Crippen molar-refractivity contribution in [3.8, 4) is 16.9 Å². The number of nitrogens with two attached hydrogens (primary N) is 1. The van der Waals surface area contributed by atoms with Crippen LogP contribution in [0.15, 0.2) is 72.9 Å². The number of amides is 1. The zero-order valence-corrected chi connectivity index (χ0v) is 22.6. The molecule has 1 saturated heterocycles. The Morgan fingerprint density at radius 3 is 2.38 bits per heavy atom. The van der Waals surface area contributed by atoms with Crippen LogP contribution in [0.3, 0.4) is 0 Å². The minimum atomic E-state index is -4.73. The molecule has 0 unspecified atom stereocenters. The second-order valence-corrected chi connectivity index (χ2v) is 10.3. The van der Waals surface area contributed by atoms with E-state index in [9.17, 15) is 18.0 Å². The monoisotopic (exact) mass is 570 g/mol. The van der Waals surface area contributed by atoms with Crippen molar-refractivity contribution < 1.29 is 22.7 Å². The van der Waals surface area contributed by atoms with E-state index in [0.717, 1.165) is 60.2 Å². The fraction of sp³-hybridized carbons (Fsp3) is 0.300. The quantitative estimate of drug-likeness (QED) is 0.275. The van der Waals surface area contributed by atoms with E-state index in [0.29, 0.717) is 30.2 Å². The molecule has 210 valence electrons. The summed E-state index contributed by atoms with van der Waals surface area (Å²) in [6.45, 7) is 4.71. The summed E-state index contributed by atoms with van der Waals surface area (Å²) in [4.78, 5) is 17.1. The van der Waals surface area contributed by atoms with Gasteiger partial charge < -0.3 is 19.9 Å². The Hall–Kier alpha value is -3.53. The molecule has 1 aliphatic heterocycles. The topological polar surface area (TPSA) is 63.7 Å². The van der Waals surface area contributed by atoms with Gasteiger partial charge in [-0.25, -0.2) is 0 Å². The fourth-order valence-electron chi connectivity index (χ4n) is 5.13. The van der Waals surface area contributed by atoms with Gasteiger partial charge in [-0.2, -0.15) is 0 Å². The van der Waals surface area contributed by atoms with Crippen LogP contribution in [0, 0.1) is 0 Å². The number of carbonyl (C=O) groups is 1. The second kappa shape index (κ2) is 11.9. The maximum absolute atomic E-state index is 12.9. The smallest absolute Gasteiger partial charge is 0.406 e. The zero-order chi connectivity index (χ0) is 28.3. The summed E-state index contributed by atoms with van der Waals surface area (Å²) in [5.74, 6) is -0.308. The number of benzene rings is 3. The minimum absolute atomic E-state index is 0.0539. The van der Waals surface area contributed by atoms with E-state index in [-0.39, 0.29) is 11.7 Å². The van der Waals surface area contributed by atoms with Gasteiger partial charge in [-0.3, -0.25) is 9.69 Å². The Bertz CT molecular complexity index is 1480. The van der Waals surface area contributed by atoms with Gasteiger partial charge in [0.05, 0.1) is 10.6 Å². The number of aromatic nitrogens is 1. The number of alkyl halides is 3. The maximum atomic E-state index is 12.9. The van der Waals surface area contributed by atoms with Gasteiger partial charge in [-0.15, -0.1) is 13.2 Å². The number of carbonyl (C=O) groups excluding carboxylic acids is 1. The number of halogens is 4. The van der Waals surface area contributed by atoms with Crippen molar-refractivity contribution >= 4 is 28.4 Å². The van der Waals surface area contributed by atoms with E-state index in [4.69, 9.17) is 17.3 Å². The highest BCUT2D eigenvalue weighted by Gasteiger charge is 2.31. The van der Waals surface area contributed by atoms with E-state index in [1.165, 1.54) is 12.1 Å². The molecule has 2 N–H and O–H groups in total. The van der Waals surface area contributed by atoms with Crippen molar-refractivity contribution in [2.75, 3.05) is 32.7 Å². The lowest BCUT2D eigenvalue weighted by Gasteiger charge is -2.35. The van der Waals surface area contributed by atoms with Gasteiger partial charge >= 0.3 is 6.36 Å². The zero-order valence-electron chi connectivity index (χ0n) is 21.8. The number of hydrogen-bond donors (Lipinski definition) is 1. The average molecular weight is 571 g/mol. The highest BCUT2D eigenvalue weighted by molar-refractivity contribution is 6.33. The average Bonchev–Trinajstić information content (AvgIpc) is 3.29. The lowest BCUT2D eigenvalue weighted by atomic mass is 10.0. The third-order valence-electron chi connectivity index (χ3n) is 7.12. The van der Waals surface area contributed by atoms with E-state index in [1.54, 1.807) is 24.3 Å². The van der Waals surface area contributed by atoms with Crippen LogP contribution in [0.5, 0.6) is 5.75 Å². The van der Waals surface area contributed by atoms with Crippen molar-refractivity contribution in [2.24, 2.45) is 5.73 Å². The third-order valence-corrected chi connectivity index (χ3v) is 7.45. The summed E-state index contributed by atoms with van der Waals surface area (Å²) in [5, 5.41) is 1.48. The molecule has 4 aromatic rings. The van der Waals surface area contributed by atoms with Crippen molar-refractivity contribution in [1.82, 2.24) is 14.4 Å². The van der Waals surface area contributed by atoms with Gasteiger partial charge in [-0.05, 0) is 60.5 Å². The summed E-state index contributed by atoms with van der Waals surface area (Å²) in [6, 6.07) is 19.4. The van der Waals surface area contributed by atoms with Gasteiger partial charge in [0.25, 0.3) is 5.91 Å². The SMILES string of the molecule is NCCCn1cc(-c2ccc(OC(F)(F)F)cc2)c2cc(CN3CCN(C(=O)c4ccccc4Cl)CC3)ccc21. The molecule has 5 rings (SSSR count). The second-order valence-electron chi connectivity index (χ2n) is 9.85. The van der Waals surface area contributed by atoms with Gasteiger partial charge in [-0.1, -0.05) is 41.9 Å². The molecule has 2 heterocycles. The van der Waals surface area contributed by atoms with Gasteiger partial charge in [0.15, 0.2) is 0 Å². The first-order valence-electron chi connectivity index (χ1n) is 13.2. The van der Waals surface area contributed by atoms with Crippen LogP contribution in [-0.2, 0) is 13.1 Å². The summed E-state index contributed by atoms with van der Waals surface area (Å²) >= 11 is 6.22. The van der Waals surface area contributed by atoms with Crippen molar-refractivity contribution in [3.63, 3.8) is 0 Å². The van der Waals surface area contributed by atoms with Gasteiger partial charge in [0.2, 0.25) is 0 Å². The Morgan fingerprint density at radius 1 is 0.975 bits per heavy atom. The molecule has 0 spiro atoms. The first kappa shape index (κ1) is 28.0. The first-order chi connectivity index (χ1) is 19.2. The van der Waals surface area contributed by atoms with Crippen LogP contribution < -0.4 is 10.5 Å². The molecule has 3 aromatic carbocycles. The number of nitrogens with zero attached hydrogens (tertiary/aromatic N) is 3. The number of fused-ring (bicyclic) bond motifs is 1. The van der Waals surface area contributed by atoms with E-state index in [2.05, 4.69) is 32.4 Å². The number of aryl methyl sites for hydroxylation is 1. The summed E-state index contributed by atoms with van der Waals surface area (Å²) < 4.78 is 44.0. The molecule has 1 aromatic heterocycles. The molecule has 6 nitrogen and oxygen atoms in total. The van der Waals surface area contributed by atoms with Gasteiger partial charge in [0.1, 0.15) is 5.75 Å². The lowest BCUT2D eigenvalue weighted by molar-refractivity contribution is -0.274. The summed E-state index contributed by atoms with van der Waals surface area (Å²) in [7, 11) is 0. The van der Waals surface area contributed by atoms with E-state index in [1.807, 2.05) is 23.2 Å². The molecular formula is C30H30ClF3N4O2. The van der Waals surface area contributed by atoms with Crippen LogP contribution >= 0.6 is 11.6 Å². The Labute approximate surface area is 235 Å². The normalized spacial score (nSPS) is 14.6. The van der Waals surface area contributed by atoms with Gasteiger partial charge in [0, 0.05) is 61.9 Å². The standard InChI is InChI=1S/C30H30ClF3N4O2/c31-27-5-2-1-4-24(27)29(39)37-16-14-36(15-17-37)19-21-6-11-28-25(18-21)26(20-38(28)13-3-12-35)22-7-9-23(10-8-22)40-30(32,33)34/h1-2,4-11,18,20H,3,12-17,19,35H2. The fourth-order valence-corrected chi connectivity index (χ4v) is 5.34. The highest BCUT2D eigenvalue weighted by atomic mass is 35.5. The Morgan fingerprint density at radius 2 is 1.70 bits per heavy atom. The molecule has 0 bridgehead atoms. The maximum Gasteiger partial charge on any atom is 0.573 e. The first-order valence-corrected chi connectivity index (χ1v) is 13.5. The lowest BCUT2D eigenvalue weighted by Crippen LogP contribution is -2.48. The van der Waals surface area contributed by atoms with Crippen molar-refractivity contribution in [1.29, 1.82) is 0 Å². The molecule has 0 aliphatic carbocycles. The summed E-state index contributed by atoms with van der Waals surface area (Å²) in [6.07, 6.45) is -1.90. The number of hydrogen-bond acceptors (Lipinski definition) is 4. The highest BCUT2D eigenvalue weighted by Crippen LogP contribution is 2.34. The molecular weight excluding hydrogens is 541 g/mol. The minimum Gasteiger partial charge on any atom is -0.406 e. The third kappa shape index (κ3) is 6.43. The van der Waals surface area contributed by atoms with Crippen LogP contribution in [-0.4, -0.2) is 59.4 Å². The molecule has 0 radical (unpaired) electrons. The van der Waals surface area contributed by atoms with E-state index >= 15 is 0 Å². The molecule has 1 aliphatic rings. The van der Waals surface area contributed by atoms with Crippen molar-refractivity contribution in [2.45, 2.75) is 25.9 Å². The number of piperazine rings is 1. The molecule has 1 amide bonds.